The van der Waals surface area contributed by atoms with Crippen molar-refractivity contribution in [1.82, 2.24) is 15.3 Å². The van der Waals surface area contributed by atoms with Crippen molar-refractivity contribution in [2.45, 2.75) is 19.9 Å². The van der Waals surface area contributed by atoms with E-state index >= 15 is 4.39 Å². The Hall–Kier alpha value is -3.43. The first-order chi connectivity index (χ1) is 16.4. The standard InChI is InChI=1S/C25H24F2N4O2S/c1-3-10-34(33)31-21-9-8-20(26)22(23(21)27)24(32)19-14-30-25-18(19)11-17(13-29-25)16-6-4-15(5-7-16)12-28-2/h4-9,11,13-14,28,31H,3,10,12H2,1-2H3,(H,29,30). The van der Waals surface area contributed by atoms with Gasteiger partial charge in [-0.3, -0.25) is 4.79 Å². The summed E-state index contributed by atoms with van der Waals surface area (Å²) in [6.07, 6.45) is 3.69. The molecular formula is C25H24F2N4O2S. The molecule has 34 heavy (non-hydrogen) atoms. The number of aromatic nitrogens is 2. The van der Waals surface area contributed by atoms with E-state index in [1.807, 2.05) is 38.2 Å². The Morgan fingerprint density at radius 2 is 1.88 bits per heavy atom. The van der Waals surface area contributed by atoms with Crippen LogP contribution in [-0.2, 0) is 17.5 Å². The summed E-state index contributed by atoms with van der Waals surface area (Å²) in [4.78, 5) is 20.5. The Bertz CT molecular complexity index is 1370. The molecule has 0 spiro atoms. The van der Waals surface area contributed by atoms with E-state index in [1.165, 1.54) is 6.20 Å². The van der Waals surface area contributed by atoms with Crippen LogP contribution in [0.4, 0.5) is 14.5 Å². The highest BCUT2D eigenvalue weighted by molar-refractivity contribution is 7.86. The highest BCUT2D eigenvalue weighted by Crippen LogP contribution is 2.29. The molecule has 0 amide bonds. The topological polar surface area (TPSA) is 86.9 Å². The summed E-state index contributed by atoms with van der Waals surface area (Å²) < 4.78 is 44.3. The largest absolute Gasteiger partial charge is 0.345 e. The van der Waals surface area contributed by atoms with Gasteiger partial charge in [-0.25, -0.2) is 18.0 Å². The molecule has 0 aliphatic carbocycles. The fraction of sp³-hybridized carbons (Fsp3) is 0.200. The maximum absolute atomic E-state index is 15.1. The maximum atomic E-state index is 15.1. The molecule has 0 saturated heterocycles. The van der Waals surface area contributed by atoms with Crippen LogP contribution in [0.5, 0.6) is 0 Å². The van der Waals surface area contributed by atoms with Gasteiger partial charge in [-0.1, -0.05) is 31.2 Å². The van der Waals surface area contributed by atoms with E-state index in [9.17, 15) is 13.4 Å². The first kappa shape index (κ1) is 23.7. The fourth-order valence-corrected chi connectivity index (χ4v) is 4.58. The first-order valence-corrected chi connectivity index (χ1v) is 12.1. The van der Waals surface area contributed by atoms with Crippen molar-refractivity contribution >= 4 is 33.5 Å². The summed E-state index contributed by atoms with van der Waals surface area (Å²) >= 11 is 0. The lowest BCUT2D eigenvalue weighted by molar-refractivity contribution is 0.103. The van der Waals surface area contributed by atoms with Gasteiger partial charge in [0, 0.05) is 41.2 Å². The van der Waals surface area contributed by atoms with Crippen LogP contribution in [0, 0.1) is 11.6 Å². The van der Waals surface area contributed by atoms with Gasteiger partial charge in [0.15, 0.2) is 5.82 Å². The molecule has 0 fully saturated rings. The Labute approximate surface area is 198 Å². The fourth-order valence-electron chi connectivity index (χ4n) is 3.70. The normalized spacial score (nSPS) is 12.1. The number of nitrogens with one attached hydrogen (secondary N) is 3. The third-order valence-corrected chi connectivity index (χ3v) is 6.60. The smallest absolute Gasteiger partial charge is 0.201 e. The lowest BCUT2D eigenvalue weighted by atomic mass is 9.99. The van der Waals surface area contributed by atoms with E-state index in [0.29, 0.717) is 23.2 Å². The number of H-pyrrole nitrogens is 1. The molecule has 4 aromatic rings. The van der Waals surface area contributed by atoms with Gasteiger partial charge in [-0.2, -0.15) is 0 Å². The number of benzene rings is 2. The molecule has 3 N–H and O–H groups in total. The van der Waals surface area contributed by atoms with E-state index in [2.05, 4.69) is 20.0 Å². The zero-order valence-electron chi connectivity index (χ0n) is 18.7. The van der Waals surface area contributed by atoms with Crippen molar-refractivity contribution in [2.75, 3.05) is 17.5 Å². The molecule has 0 aliphatic rings. The Morgan fingerprint density at radius 3 is 2.59 bits per heavy atom. The quantitative estimate of drug-likeness (QED) is 0.295. The van der Waals surface area contributed by atoms with Crippen molar-refractivity contribution in [2.24, 2.45) is 0 Å². The lowest BCUT2D eigenvalue weighted by Gasteiger charge is -2.10. The van der Waals surface area contributed by atoms with E-state index in [0.717, 1.165) is 35.4 Å². The SMILES string of the molecule is CCCS(=O)Nc1ccc(F)c(C(=O)c2c[nH]c3ncc(-c4ccc(CNC)cc4)cc23)c1F. The predicted molar refractivity (Wildman–Crippen MR) is 131 cm³/mol. The maximum Gasteiger partial charge on any atom is 0.201 e. The summed E-state index contributed by atoms with van der Waals surface area (Å²) in [5.41, 5.74) is 2.42. The second-order valence-corrected chi connectivity index (χ2v) is 9.12. The molecular weight excluding hydrogens is 458 g/mol. The number of hydrogen-bond donors (Lipinski definition) is 3. The number of aromatic amines is 1. The average Bonchev–Trinajstić information content (AvgIpc) is 3.25. The monoisotopic (exact) mass is 482 g/mol. The van der Waals surface area contributed by atoms with Crippen LogP contribution in [0.1, 0.15) is 34.8 Å². The van der Waals surface area contributed by atoms with E-state index in [4.69, 9.17) is 0 Å². The van der Waals surface area contributed by atoms with Gasteiger partial charge in [0.2, 0.25) is 5.78 Å². The van der Waals surface area contributed by atoms with Crippen molar-refractivity contribution in [3.05, 3.63) is 83.2 Å². The molecule has 0 radical (unpaired) electrons. The molecule has 0 aliphatic heterocycles. The second-order valence-electron chi connectivity index (χ2n) is 7.81. The third-order valence-electron chi connectivity index (χ3n) is 5.38. The molecule has 0 bridgehead atoms. The molecule has 2 heterocycles. The average molecular weight is 483 g/mol. The highest BCUT2D eigenvalue weighted by atomic mass is 32.2. The summed E-state index contributed by atoms with van der Waals surface area (Å²) in [6.45, 7) is 2.58. The van der Waals surface area contributed by atoms with Crippen LogP contribution in [0.25, 0.3) is 22.2 Å². The summed E-state index contributed by atoms with van der Waals surface area (Å²) in [6, 6.07) is 11.8. The first-order valence-electron chi connectivity index (χ1n) is 10.8. The van der Waals surface area contributed by atoms with Crippen molar-refractivity contribution in [3.8, 4) is 11.1 Å². The van der Waals surface area contributed by atoms with Crippen molar-refractivity contribution in [3.63, 3.8) is 0 Å². The Kier molecular flexibility index (Phi) is 7.14. The number of ketones is 1. The third kappa shape index (κ3) is 4.76. The summed E-state index contributed by atoms with van der Waals surface area (Å²) in [5.74, 6) is -2.59. The molecule has 0 saturated carbocycles. The minimum Gasteiger partial charge on any atom is -0.345 e. The number of pyridine rings is 1. The Balaban J connectivity index is 1.72. The number of rotatable bonds is 9. The van der Waals surface area contributed by atoms with Crippen LogP contribution < -0.4 is 10.0 Å². The highest BCUT2D eigenvalue weighted by Gasteiger charge is 2.25. The van der Waals surface area contributed by atoms with Gasteiger partial charge >= 0.3 is 0 Å². The van der Waals surface area contributed by atoms with Crippen LogP contribution in [0.2, 0.25) is 0 Å². The zero-order chi connectivity index (χ0) is 24.2. The minimum atomic E-state index is -1.54. The van der Waals surface area contributed by atoms with Crippen LogP contribution in [-0.4, -0.2) is 32.8 Å². The van der Waals surface area contributed by atoms with Crippen molar-refractivity contribution in [1.29, 1.82) is 0 Å². The van der Waals surface area contributed by atoms with E-state index in [1.54, 1.807) is 12.3 Å². The number of halogens is 2. The molecule has 2 aromatic carbocycles. The van der Waals surface area contributed by atoms with Gasteiger partial charge in [0.25, 0.3) is 0 Å². The number of carbonyl (C=O) groups is 1. The molecule has 2 aromatic heterocycles. The minimum absolute atomic E-state index is 0.0979. The van der Waals surface area contributed by atoms with Gasteiger partial charge in [-0.05, 0) is 42.8 Å². The number of carbonyl (C=O) groups excluding carboxylic acids is 1. The van der Waals surface area contributed by atoms with Crippen LogP contribution >= 0.6 is 0 Å². The molecule has 9 heteroatoms. The zero-order valence-corrected chi connectivity index (χ0v) is 19.6. The number of fused-ring (bicyclic) bond motifs is 1. The summed E-state index contributed by atoms with van der Waals surface area (Å²) in [5, 5.41) is 3.54. The van der Waals surface area contributed by atoms with E-state index in [-0.39, 0.29) is 11.3 Å². The number of nitrogens with zero attached hydrogens (tertiary/aromatic N) is 1. The van der Waals surface area contributed by atoms with E-state index < -0.39 is 34.0 Å². The number of anilines is 1. The molecule has 1 unspecified atom stereocenters. The molecule has 4 rings (SSSR count). The number of hydrogen-bond acceptors (Lipinski definition) is 4. The van der Waals surface area contributed by atoms with Gasteiger partial charge < -0.3 is 15.0 Å². The van der Waals surface area contributed by atoms with Crippen LogP contribution in [0.15, 0.2) is 54.9 Å². The molecule has 176 valence electrons. The van der Waals surface area contributed by atoms with Gasteiger partial charge in [-0.15, -0.1) is 0 Å². The van der Waals surface area contributed by atoms with Gasteiger partial charge in [0.1, 0.15) is 22.5 Å². The van der Waals surface area contributed by atoms with Crippen molar-refractivity contribution < 1.29 is 17.8 Å². The molecule has 6 nitrogen and oxygen atoms in total. The Morgan fingerprint density at radius 1 is 1.12 bits per heavy atom. The predicted octanol–water partition coefficient (Wildman–Crippen LogP) is 4.94. The summed E-state index contributed by atoms with van der Waals surface area (Å²) in [7, 11) is 0.333. The van der Waals surface area contributed by atoms with Gasteiger partial charge in [0.05, 0.1) is 11.3 Å². The van der Waals surface area contributed by atoms with Crippen LogP contribution in [0.3, 0.4) is 0 Å². The second kappa shape index (κ2) is 10.2. The lowest BCUT2D eigenvalue weighted by Crippen LogP contribution is -2.13. The molecule has 1 atom stereocenters.